The van der Waals surface area contributed by atoms with Gasteiger partial charge in [-0.15, -0.1) is 0 Å². The molecule has 0 atom stereocenters. The van der Waals surface area contributed by atoms with E-state index < -0.39 is 0 Å². The fraction of sp³-hybridized carbons (Fsp3) is 0.462. The smallest absolute Gasteiger partial charge is 0.161 e. The molecule has 0 radical (unpaired) electrons. The van der Waals surface area contributed by atoms with Crippen molar-refractivity contribution in [1.82, 2.24) is 0 Å². The fourth-order valence-electron chi connectivity index (χ4n) is 2.16. The van der Waals surface area contributed by atoms with E-state index in [-0.39, 0.29) is 15.6 Å². The Balaban J connectivity index is 2.13. The first-order chi connectivity index (χ1) is 8.99. The van der Waals surface area contributed by atoms with Crippen LogP contribution in [-0.4, -0.2) is 22.5 Å². The minimum atomic E-state index is -0.333. The molecule has 0 unspecified atom stereocenters. The van der Waals surface area contributed by atoms with Gasteiger partial charge in [0.15, 0.2) is 5.82 Å². The Hall–Kier alpha value is -0.330. The third kappa shape index (κ3) is 3.06. The lowest BCUT2D eigenvalue weighted by molar-refractivity contribution is 0.379. The molecule has 0 saturated heterocycles. The Bertz CT molecular complexity index is 498. The van der Waals surface area contributed by atoms with E-state index in [1.54, 1.807) is 12.1 Å². The van der Waals surface area contributed by atoms with Crippen LogP contribution in [0.3, 0.4) is 0 Å². The van der Waals surface area contributed by atoms with Gasteiger partial charge < -0.3 is 11.1 Å². The number of thioether (sulfide) groups is 1. The monoisotopic (exact) mass is 362 g/mol. The van der Waals surface area contributed by atoms with Crippen molar-refractivity contribution in [3.63, 3.8) is 0 Å². The lowest BCUT2D eigenvalue weighted by atomic mass is 9.84. The largest absolute Gasteiger partial charge is 0.389 e. The number of hydrogen-bond acceptors (Lipinski definition) is 3. The van der Waals surface area contributed by atoms with Crippen LogP contribution in [0.4, 0.5) is 10.1 Å². The van der Waals surface area contributed by atoms with Crippen molar-refractivity contribution in [1.29, 1.82) is 0 Å². The molecule has 0 aromatic heterocycles. The van der Waals surface area contributed by atoms with Gasteiger partial charge in [0.05, 0.1) is 10.2 Å². The van der Waals surface area contributed by atoms with Crippen molar-refractivity contribution < 1.29 is 4.39 Å². The summed E-state index contributed by atoms with van der Waals surface area (Å²) < 4.78 is 14.8. The molecule has 0 amide bonds. The Labute approximate surface area is 130 Å². The van der Waals surface area contributed by atoms with Crippen LogP contribution in [0.25, 0.3) is 0 Å². The molecular formula is C13H16BrFN2S2. The topological polar surface area (TPSA) is 38.0 Å². The van der Waals surface area contributed by atoms with Crippen LogP contribution in [0.5, 0.6) is 0 Å². The SMILES string of the molecule is CSC1(CNc2ccc(C(N)=S)c(Br)c2F)CCC1. The normalized spacial score (nSPS) is 16.8. The van der Waals surface area contributed by atoms with Crippen LogP contribution in [-0.2, 0) is 0 Å². The van der Waals surface area contributed by atoms with E-state index in [0.29, 0.717) is 15.7 Å². The number of halogens is 2. The van der Waals surface area contributed by atoms with Gasteiger partial charge in [0.2, 0.25) is 0 Å². The molecule has 1 aromatic carbocycles. The molecule has 1 fully saturated rings. The van der Waals surface area contributed by atoms with Gasteiger partial charge in [-0.2, -0.15) is 11.8 Å². The van der Waals surface area contributed by atoms with Gasteiger partial charge in [-0.3, -0.25) is 0 Å². The highest BCUT2D eigenvalue weighted by molar-refractivity contribution is 9.10. The molecule has 2 nitrogen and oxygen atoms in total. The minimum Gasteiger partial charge on any atom is -0.389 e. The standard InChI is InChI=1S/C13H16BrFN2S2/c1-19-13(5-2-6-13)7-17-9-4-3-8(12(16)18)10(14)11(9)15/h3-4,17H,2,5-7H2,1H3,(H2,16,18). The molecule has 0 spiro atoms. The minimum absolute atomic E-state index is 0.192. The summed E-state index contributed by atoms with van der Waals surface area (Å²) in [6.45, 7) is 0.782. The maximum atomic E-state index is 14.2. The highest BCUT2D eigenvalue weighted by Crippen LogP contribution is 2.43. The van der Waals surface area contributed by atoms with E-state index in [0.717, 1.165) is 6.54 Å². The third-order valence-corrected chi connectivity index (χ3v) is 6.06. The van der Waals surface area contributed by atoms with Crippen LogP contribution < -0.4 is 11.1 Å². The summed E-state index contributed by atoms with van der Waals surface area (Å²) in [5.41, 5.74) is 6.56. The molecule has 1 aliphatic rings. The van der Waals surface area contributed by atoms with Crippen molar-refractivity contribution in [2.24, 2.45) is 5.73 Å². The maximum absolute atomic E-state index is 14.2. The van der Waals surface area contributed by atoms with E-state index >= 15 is 0 Å². The summed E-state index contributed by atoms with van der Waals surface area (Å²) in [5.74, 6) is -0.333. The number of nitrogens with two attached hydrogens (primary N) is 1. The average Bonchev–Trinajstić information content (AvgIpc) is 2.33. The molecule has 19 heavy (non-hydrogen) atoms. The van der Waals surface area contributed by atoms with Crippen molar-refractivity contribution in [2.45, 2.75) is 24.0 Å². The van der Waals surface area contributed by atoms with E-state index in [9.17, 15) is 4.39 Å². The van der Waals surface area contributed by atoms with Crippen LogP contribution >= 0.6 is 39.9 Å². The predicted octanol–water partition coefficient (Wildman–Crippen LogP) is 3.92. The van der Waals surface area contributed by atoms with Crippen molar-refractivity contribution in [3.05, 3.63) is 28.0 Å². The predicted molar refractivity (Wildman–Crippen MR) is 88.6 cm³/mol. The molecule has 0 bridgehead atoms. The molecule has 0 aliphatic heterocycles. The highest BCUT2D eigenvalue weighted by atomic mass is 79.9. The number of anilines is 1. The van der Waals surface area contributed by atoms with Crippen LogP contribution in [0.2, 0.25) is 0 Å². The third-order valence-electron chi connectivity index (χ3n) is 3.65. The number of benzene rings is 1. The lowest BCUT2D eigenvalue weighted by Gasteiger charge is -2.40. The summed E-state index contributed by atoms with van der Waals surface area (Å²) >= 11 is 9.95. The Kier molecular flexibility index (Phi) is 4.74. The first-order valence-electron chi connectivity index (χ1n) is 6.06. The van der Waals surface area contributed by atoms with E-state index in [1.165, 1.54) is 19.3 Å². The fourth-order valence-corrected chi connectivity index (χ4v) is 3.93. The van der Waals surface area contributed by atoms with Crippen molar-refractivity contribution in [3.8, 4) is 0 Å². The number of nitrogens with one attached hydrogen (secondary N) is 1. The maximum Gasteiger partial charge on any atom is 0.161 e. The number of rotatable bonds is 5. The van der Waals surface area contributed by atoms with Gasteiger partial charge in [-0.25, -0.2) is 4.39 Å². The zero-order chi connectivity index (χ0) is 14.0. The molecule has 0 heterocycles. The summed E-state index contributed by atoms with van der Waals surface area (Å²) in [6, 6.07) is 3.44. The zero-order valence-electron chi connectivity index (χ0n) is 10.6. The van der Waals surface area contributed by atoms with Crippen LogP contribution in [0.15, 0.2) is 16.6 Å². The van der Waals surface area contributed by atoms with Gasteiger partial charge in [0.25, 0.3) is 0 Å². The summed E-state index contributed by atoms with van der Waals surface area (Å²) in [7, 11) is 0. The molecule has 3 N–H and O–H groups in total. The van der Waals surface area contributed by atoms with Gasteiger partial charge in [0.1, 0.15) is 4.99 Å². The molecule has 1 saturated carbocycles. The summed E-state index contributed by atoms with van der Waals surface area (Å²) in [5, 5.41) is 3.20. The Morgan fingerprint density at radius 3 is 2.74 bits per heavy atom. The van der Waals surface area contributed by atoms with Gasteiger partial charge in [0, 0.05) is 16.9 Å². The number of hydrogen-bond donors (Lipinski definition) is 2. The van der Waals surface area contributed by atoms with Gasteiger partial charge >= 0.3 is 0 Å². The van der Waals surface area contributed by atoms with Crippen molar-refractivity contribution >= 4 is 50.6 Å². The molecule has 1 aromatic rings. The highest BCUT2D eigenvalue weighted by Gasteiger charge is 2.36. The molecule has 6 heteroatoms. The number of thiocarbonyl (C=S) groups is 1. The van der Waals surface area contributed by atoms with E-state index in [4.69, 9.17) is 18.0 Å². The summed E-state index contributed by atoms with van der Waals surface area (Å²) in [4.78, 5) is 0.192. The van der Waals surface area contributed by atoms with Gasteiger partial charge in [-0.1, -0.05) is 18.6 Å². The van der Waals surface area contributed by atoms with E-state index in [2.05, 4.69) is 27.5 Å². The molecule has 104 valence electrons. The molecule has 2 rings (SSSR count). The van der Waals surface area contributed by atoms with Gasteiger partial charge in [-0.05, 0) is 47.2 Å². The van der Waals surface area contributed by atoms with Crippen molar-refractivity contribution in [2.75, 3.05) is 18.1 Å². The second kappa shape index (κ2) is 5.97. The van der Waals surface area contributed by atoms with Crippen LogP contribution in [0.1, 0.15) is 24.8 Å². The lowest BCUT2D eigenvalue weighted by Crippen LogP contribution is -2.40. The second-order valence-corrected chi connectivity index (χ2v) is 7.25. The second-order valence-electron chi connectivity index (χ2n) is 4.75. The first-order valence-corrected chi connectivity index (χ1v) is 8.48. The zero-order valence-corrected chi connectivity index (χ0v) is 13.9. The molecule has 1 aliphatic carbocycles. The van der Waals surface area contributed by atoms with E-state index in [1.807, 2.05) is 11.8 Å². The quantitative estimate of drug-likeness (QED) is 0.778. The first kappa shape index (κ1) is 15.1. The van der Waals surface area contributed by atoms with Crippen LogP contribution in [0, 0.1) is 5.82 Å². The molecular weight excluding hydrogens is 347 g/mol. The summed E-state index contributed by atoms with van der Waals surface area (Å²) in [6.07, 6.45) is 5.75. The Morgan fingerprint density at radius 1 is 1.58 bits per heavy atom. The Morgan fingerprint density at radius 2 is 2.26 bits per heavy atom. The average molecular weight is 363 g/mol.